The number of ether oxygens (including phenoxy) is 1. The number of fused-ring (bicyclic) bond motifs is 1. The van der Waals surface area contributed by atoms with Crippen molar-refractivity contribution in [3.8, 4) is 5.75 Å². The van der Waals surface area contributed by atoms with E-state index >= 15 is 0 Å². The number of hydrogen-bond donors (Lipinski definition) is 1. The van der Waals surface area contributed by atoms with Crippen LogP contribution in [-0.4, -0.2) is 6.10 Å². The Bertz CT molecular complexity index is 348. The molecule has 2 nitrogen and oxygen atoms in total. The average Bonchev–Trinajstić information content (AvgIpc) is 2.52. The highest BCUT2D eigenvalue weighted by Gasteiger charge is 2.27. The minimum Gasteiger partial charge on any atom is -0.488 e. The minimum atomic E-state index is 0.0431. The molecule has 0 amide bonds. The molecule has 0 spiro atoms. The van der Waals surface area contributed by atoms with Crippen molar-refractivity contribution in [2.45, 2.75) is 45.3 Å². The molecule has 0 aliphatic carbocycles. The van der Waals surface area contributed by atoms with Crippen LogP contribution in [0.4, 0.5) is 0 Å². The number of nitrogens with two attached hydrogens (primary N) is 1. The summed E-state index contributed by atoms with van der Waals surface area (Å²) in [5, 5.41) is 0. The molecule has 2 atom stereocenters. The van der Waals surface area contributed by atoms with Gasteiger partial charge in [0.25, 0.3) is 0 Å². The molecule has 1 aliphatic rings. The Labute approximate surface area is 91.4 Å². The van der Waals surface area contributed by atoms with Gasteiger partial charge < -0.3 is 10.5 Å². The monoisotopic (exact) mass is 205 g/mol. The lowest BCUT2D eigenvalue weighted by Gasteiger charge is -2.07. The van der Waals surface area contributed by atoms with Gasteiger partial charge in [0, 0.05) is 5.56 Å². The van der Waals surface area contributed by atoms with Gasteiger partial charge in [0.05, 0.1) is 6.04 Å². The fraction of sp³-hybridized carbons (Fsp3) is 0.538. The third-order valence-electron chi connectivity index (χ3n) is 3.07. The largest absolute Gasteiger partial charge is 0.488 e. The molecular weight excluding hydrogens is 186 g/mol. The Morgan fingerprint density at radius 2 is 2.20 bits per heavy atom. The molecule has 1 aromatic carbocycles. The van der Waals surface area contributed by atoms with E-state index in [9.17, 15) is 0 Å². The molecule has 2 rings (SSSR count). The predicted octanol–water partition coefficient (Wildman–Crippen LogP) is 2.81. The molecule has 1 aliphatic heterocycles. The number of hydrogen-bond acceptors (Lipinski definition) is 2. The number of rotatable bonds is 3. The first-order valence-electron chi connectivity index (χ1n) is 5.77. The van der Waals surface area contributed by atoms with Gasteiger partial charge >= 0.3 is 0 Å². The summed E-state index contributed by atoms with van der Waals surface area (Å²) in [6, 6.07) is 6.46. The molecule has 0 radical (unpaired) electrons. The minimum absolute atomic E-state index is 0.0431. The van der Waals surface area contributed by atoms with E-state index in [4.69, 9.17) is 10.5 Å². The lowest BCUT2D eigenvalue weighted by molar-refractivity contribution is 0.228. The zero-order chi connectivity index (χ0) is 10.8. The summed E-state index contributed by atoms with van der Waals surface area (Å²) in [5.41, 5.74) is 8.62. The van der Waals surface area contributed by atoms with Crippen molar-refractivity contribution < 1.29 is 4.74 Å². The van der Waals surface area contributed by atoms with Gasteiger partial charge in [-0.3, -0.25) is 0 Å². The van der Waals surface area contributed by atoms with Crippen molar-refractivity contribution in [3.05, 3.63) is 29.3 Å². The summed E-state index contributed by atoms with van der Waals surface area (Å²) >= 11 is 0. The van der Waals surface area contributed by atoms with E-state index in [1.54, 1.807) is 0 Å². The summed E-state index contributed by atoms with van der Waals surface area (Å²) in [6.45, 7) is 4.24. The van der Waals surface area contributed by atoms with Gasteiger partial charge in [0.1, 0.15) is 11.9 Å². The van der Waals surface area contributed by atoms with Crippen molar-refractivity contribution in [1.82, 2.24) is 0 Å². The summed E-state index contributed by atoms with van der Waals surface area (Å²) < 4.78 is 5.65. The van der Waals surface area contributed by atoms with E-state index in [2.05, 4.69) is 25.1 Å². The van der Waals surface area contributed by atoms with E-state index in [0.29, 0.717) is 0 Å². The van der Waals surface area contributed by atoms with Crippen LogP contribution in [0, 0.1) is 0 Å². The first-order chi connectivity index (χ1) is 7.22. The van der Waals surface area contributed by atoms with E-state index < -0.39 is 0 Å². The van der Waals surface area contributed by atoms with E-state index in [0.717, 1.165) is 12.2 Å². The predicted molar refractivity (Wildman–Crippen MR) is 62.1 cm³/mol. The van der Waals surface area contributed by atoms with E-state index in [1.165, 1.54) is 24.0 Å². The van der Waals surface area contributed by atoms with Gasteiger partial charge in [-0.25, -0.2) is 0 Å². The van der Waals surface area contributed by atoms with Gasteiger partial charge in [0.2, 0.25) is 0 Å². The standard InChI is InChI=1S/C13H19NO/c1-3-4-5-10-6-7-12-11(8-10)13(14)9(2)15-12/h6-9,13H,3-5,14H2,1-2H3. The van der Waals surface area contributed by atoms with Crippen LogP contribution in [0.5, 0.6) is 5.75 Å². The molecule has 2 heteroatoms. The zero-order valence-corrected chi connectivity index (χ0v) is 9.49. The maximum absolute atomic E-state index is 6.06. The van der Waals surface area contributed by atoms with Gasteiger partial charge in [-0.2, -0.15) is 0 Å². The van der Waals surface area contributed by atoms with Gasteiger partial charge in [0.15, 0.2) is 0 Å². The second kappa shape index (κ2) is 4.23. The van der Waals surface area contributed by atoms with Crippen molar-refractivity contribution in [2.75, 3.05) is 0 Å². The summed E-state index contributed by atoms with van der Waals surface area (Å²) in [7, 11) is 0. The van der Waals surface area contributed by atoms with Crippen LogP contribution in [0.25, 0.3) is 0 Å². The third-order valence-corrected chi connectivity index (χ3v) is 3.07. The van der Waals surface area contributed by atoms with Gasteiger partial charge in [-0.05, 0) is 31.4 Å². The maximum atomic E-state index is 6.06. The van der Waals surface area contributed by atoms with E-state index in [1.807, 2.05) is 6.92 Å². The molecule has 82 valence electrons. The molecule has 2 unspecified atom stereocenters. The summed E-state index contributed by atoms with van der Waals surface area (Å²) in [5.74, 6) is 0.968. The number of aryl methyl sites for hydroxylation is 1. The fourth-order valence-electron chi connectivity index (χ4n) is 2.03. The fourth-order valence-corrected chi connectivity index (χ4v) is 2.03. The molecule has 0 aromatic heterocycles. The van der Waals surface area contributed by atoms with Crippen molar-refractivity contribution >= 4 is 0 Å². The van der Waals surface area contributed by atoms with Crippen LogP contribution >= 0.6 is 0 Å². The Morgan fingerprint density at radius 3 is 2.93 bits per heavy atom. The Hall–Kier alpha value is -1.02. The average molecular weight is 205 g/mol. The first-order valence-corrected chi connectivity index (χ1v) is 5.77. The van der Waals surface area contributed by atoms with Crippen LogP contribution in [0.1, 0.15) is 43.9 Å². The van der Waals surface area contributed by atoms with E-state index in [-0.39, 0.29) is 12.1 Å². The number of benzene rings is 1. The van der Waals surface area contributed by atoms with Crippen LogP contribution in [0.15, 0.2) is 18.2 Å². The summed E-state index contributed by atoms with van der Waals surface area (Å²) in [4.78, 5) is 0. The molecule has 0 saturated carbocycles. The molecule has 0 saturated heterocycles. The smallest absolute Gasteiger partial charge is 0.124 e. The molecule has 1 aromatic rings. The zero-order valence-electron chi connectivity index (χ0n) is 9.49. The molecule has 2 N–H and O–H groups in total. The van der Waals surface area contributed by atoms with Crippen molar-refractivity contribution in [1.29, 1.82) is 0 Å². The highest BCUT2D eigenvalue weighted by atomic mass is 16.5. The second-order valence-electron chi connectivity index (χ2n) is 4.32. The topological polar surface area (TPSA) is 35.2 Å². The normalized spacial score (nSPS) is 23.7. The first kappa shape index (κ1) is 10.5. The van der Waals surface area contributed by atoms with Crippen LogP contribution in [0.2, 0.25) is 0 Å². The van der Waals surface area contributed by atoms with Gasteiger partial charge in [-0.1, -0.05) is 25.5 Å². The lowest BCUT2D eigenvalue weighted by Crippen LogP contribution is -2.21. The third kappa shape index (κ3) is 2.00. The lowest BCUT2D eigenvalue weighted by atomic mass is 10.0. The van der Waals surface area contributed by atoms with Crippen molar-refractivity contribution in [2.24, 2.45) is 5.73 Å². The number of unbranched alkanes of at least 4 members (excludes halogenated alkanes) is 1. The SMILES string of the molecule is CCCCc1ccc2c(c1)C(N)C(C)O2. The molecule has 1 heterocycles. The highest BCUT2D eigenvalue weighted by Crippen LogP contribution is 2.35. The van der Waals surface area contributed by atoms with Crippen LogP contribution in [0.3, 0.4) is 0 Å². The Balaban J connectivity index is 2.20. The van der Waals surface area contributed by atoms with Crippen LogP contribution in [-0.2, 0) is 6.42 Å². The maximum Gasteiger partial charge on any atom is 0.124 e. The summed E-state index contributed by atoms with van der Waals surface area (Å²) in [6.07, 6.45) is 3.73. The van der Waals surface area contributed by atoms with Crippen molar-refractivity contribution in [3.63, 3.8) is 0 Å². The highest BCUT2D eigenvalue weighted by molar-refractivity contribution is 5.43. The molecule has 0 bridgehead atoms. The molecule has 0 fully saturated rings. The van der Waals surface area contributed by atoms with Gasteiger partial charge in [-0.15, -0.1) is 0 Å². The molecule has 15 heavy (non-hydrogen) atoms. The Kier molecular flexibility index (Phi) is 2.96. The second-order valence-corrected chi connectivity index (χ2v) is 4.32. The Morgan fingerprint density at radius 1 is 1.40 bits per heavy atom. The van der Waals surface area contributed by atoms with Crippen LogP contribution < -0.4 is 10.5 Å². The molecular formula is C13H19NO. The quantitative estimate of drug-likeness (QED) is 0.823.